The minimum absolute atomic E-state index is 0.104. The predicted octanol–water partition coefficient (Wildman–Crippen LogP) is 1.74. The van der Waals surface area contributed by atoms with Crippen LogP contribution in [-0.2, 0) is 4.79 Å². The van der Waals surface area contributed by atoms with Crippen LogP contribution in [0.4, 0.5) is 11.4 Å². The number of nitrogens with zero attached hydrogens (tertiary/aromatic N) is 1. The van der Waals surface area contributed by atoms with Gasteiger partial charge in [-0.2, -0.15) is 0 Å². The molecule has 0 saturated heterocycles. The molecule has 0 bridgehead atoms. The number of anilines is 2. The molecule has 5 N–H and O–H groups in total. The molecule has 1 heterocycles. The van der Waals surface area contributed by atoms with E-state index in [1.165, 1.54) is 0 Å². The van der Waals surface area contributed by atoms with Crippen molar-refractivity contribution in [3.05, 3.63) is 30.6 Å². The van der Waals surface area contributed by atoms with E-state index in [1.807, 2.05) is 26.0 Å². The monoisotopic (exact) mass is 258 g/mol. The van der Waals surface area contributed by atoms with Gasteiger partial charge in [-0.15, -0.1) is 0 Å². The van der Waals surface area contributed by atoms with E-state index < -0.39 is 6.04 Å². The highest BCUT2D eigenvalue weighted by Gasteiger charge is 2.20. The third-order valence-electron chi connectivity index (χ3n) is 3.14. The number of hydrogen-bond donors (Lipinski definition) is 3. The van der Waals surface area contributed by atoms with Gasteiger partial charge in [-0.1, -0.05) is 13.8 Å². The number of aromatic nitrogens is 1. The zero-order chi connectivity index (χ0) is 14.0. The lowest BCUT2D eigenvalue weighted by atomic mass is 10.0. The Balaban J connectivity index is 2.46. The number of hydrogen-bond acceptors (Lipinski definition) is 4. The molecule has 0 spiro atoms. The van der Waals surface area contributed by atoms with Crippen LogP contribution in [0.25, 0.3) is 10.8 Å². The van der Waals surface area contributed by atoms with Gasteiger partial charge in [0.25, 0.3) is 0 Å². The van der Waals surface area contributed by atoms with Gasteiger partial charge < -0.3 is 16.8 Å². The topological polar surface area (TPSA) is 94.0 Å². The molecule has 0 aliphatic heterocycles. The van der Waals surface area contributed by atoms with Crippen molar-refractivity contribution in [1.29, 1.82) is 0 Å². The molecule has 1 aromatic heterocycles. The molecular weight excluding hydrogens is 240 g/mol. The van der Waals surface area contributed by atoms with Crippen LogP contribution in [0.15, 0.2) is 30.6 Å². The number of nitrogens with one attached hydrogen (secondary N) is 1. The van der Waals surface area contributed by atoms with E-state index in [-0.39, 0.29) is 11.8 Å². The summed E-state index contributed by atoms with van der Waals surface area (Å²) in [5.74, 6) is -0.263. The molecule has 1 aromatic carbocycles. The number of carbonyl (C=O) groups excluding carboxylic acids is 1. The van der Waals surface area contributed by atoms with E-state index in [4.69, 9.17) is 11.5 Å². The van der Waals surface area contributed by atoms with E-state index in [1.54, 1.807) is 18.5 Å². The fourth-order valence-electron chi connectivity index (χ4n) is 2.07. The zero-order valence-corrected chi connectivity index (χ0v) is 11.1. The summed E-state index contributed by atoms with van der Waals surface area (Å²) in [7, 11) is 0. The second-order valence-electron chi connectivity index (χ2n) is 4.89. The van der Waals surface area contributed by atoms with Crippen LogP contribution in [0, 0.1) is 5.92 Å². The van der Waals surface area contributed by atoms with Gasteiger partial charge in [-0.05, 0) is 24.1 Å². The van der Waals surface area contributed by atoms with Crippen molar-refractivity contribution in [3.63, 3.8) is 0 Å². The Kier molecular flexibility index (Phi) is 3.55. The first-order valence-electron chi connectivity index (χ1n) is 6.18. The fraction of sp³-hybridized carbons (Fsp3) is 0.286. The van der Waals surface area contributed by atoms with Crippen molar-refractivity contribution in [2.24, 2.45) is 11.7 Å². The van der Waals surface area contributed by atoms with Crippen LogP contribution in [-0.4, -0.2) is 16.9 Å². The summed E-state index contributed by atoms with van der Waals surface area (Å²) in [4.78, 5) is 15.5. The summed E-state index contributed by atoms with van der Waals surface area (Å²) in [6, 6.07) is 5.10. The Hall–Kier alpha value is -2.30. The van der Waals surface area contributed by atoms with E-state index in [9.17, 15) is 4.79 Å². The number of primary amides is 1. The average Bonchev–Trinajstić information content (AvgIpc) is 2.37. The highest BCUT2D eigenvalue weighted by Crippen LogP contribution is 2.28. The SMILES string of the molecule is CC(C)C(Nc1ccc(N)c2cnccc12)C(N)=O. The molecule has 1 atom stereocenters. The molecule has 5 nitrogen and oxygen atoms in total. The Labute approximate surface area is 112 Å². The van der Waals surface area contributed by atoms with Crippen LogP contribution < -0.4 is 16.8 Å². The Morgan fingerprint density at radius 3 is 2.63 bits per heavy atom. The van der Waals surface area contributed by atoms with Crippen molar-refractivity contribution in [3.8, 4) is 0 Å². The Bertz CT molecular complexity index is 609. The van der Waals surface area contributed by atoms with E-state index in [0.29, 0.717) is 5.69 Å². The predicted molar refractivity (Wildman–Crippen MR) is 77.6 cm³/mol. The summed E-state index contributed by atoms with van der Waals surface area (Å²) in [6.45, 7) is 3.90. The van der Waals surface area contributed by atoms with Crippen molar-refractivity contribution >= 4 is 28.1 Å². The van der Waals surface area contributed by atoms with E-state index in [0.717, 1.165) is 16.5 Å². The number of amides is 1. The van der Waals surface area contributed by atoms with Gasteiger partial charge in [0, 0.05) is 34.5 Å². The Morgan fingerprint density at radius 1 is 1.26 bits per heavy atom. The van der Waals surface area contributed by atoms with Gasteiger partial charge in [0.1, 0.15) is 6.04 Å². The quantitative estimate of drug-likeness (QED) is 0.728. The normalized spacial score (nSPS) is 12.6. The lowest BCUT2D eigenvalue weighted by molar-refractivity contribution is -0.119. The summed E-state index contributed by atoms with van der Waals surface area (Å²) in [5, 5.41) is 4.98. The van der Waals surface area contributed by atoms with E-state index in [2.05, 4.69) is 10.3 Å². The molecule has 100 valence electrons. The number of carbonyl (C=O) groups is 1. The lowest BCUT2D eigenvalue weighted by Crippen LogP contribution is -2.39. The first-order chi connectivity index (χ1) is 9.00. The summed E-state index contributed by atoms with van der Waals surface area (Å²) in [6.07, 6.45) is 3.41. The van der Waals surface area contributed by atoms with Crippen molar-refractivity contribution in [1.82, 2.24) is 4.98 Å². The number of fused-ring (bicyclic) bond motifs is 1. The molecule has 1 amide bonds. The van der Waals surface area contributed by atoms with Gasteiger partial charge in [-0.3, -0.25) is 9.78 Å². The molecule has 2 aromatic rings. The van der Waals surface area contributed by atoms with Crippen LogP contribution >= 0.6 is 0 Å². The summed E-state index contributed by atoms with van der Waals surface area (Å²) >= 11 is 0. The summed E-state index contributed by atoms with van der Waals surface area (Å²) in [5.41, 5.74) is 12.8. The van der Waals surface area contributed by atoms with E-state index >= 15 is 0 Å². The molecular formula is C14H18N4O. The number of nitrogen functional groups attached to an aromatic ring is 1. The minimum atomic E-state index is -0.417. The second-order valence-corrected chi connectivity index (χ2v) is 4.89. The van der Waals surface area contributed by atoms with Gasteiger partial charge in [0.15, 0.2) is 0 Å². The van der Waals surface area contributed by atoms with Gasteiger partial charge in [0.05, 0.1) is 0 Å². The maximum atomic E-state index is 11.5. The van der Waals surface area contributed by atoms with Gasteiger partial charge in [-0.25, -0.2) is 0 Å². The fourth-order valence-corrected chi connectivity index (χ4v) is 2.07. The van der Waals surface area contributed by atoms with Crippen molar-refractivity contribution < 1.29 is 4.79 Å². The maximum absolute atomic E-state index is 11.5. The van der Waals surface area contributed by atoms with Crippen LogP contribution in [0.5, 0.6) is 0 Å². The summed E-state index contributed by atoms with van der Waals surface area (Å²) < 4.78 is 0. The molecule has 19 heavy (non-hydrogen) atoms. The maximum Gasteiger partial charge on any atom is 0.240 e. The van der Waals surface area contributed by atoms with Gasteiger partial charge >= 0.3 is 0 Å². The molecule has 5 heteroatoms. The molecule has 2 rings (SSSR count). The minimum Gasteiger partial charge on any atom is -0.398 e. The smallest absolute Gasteiger partial charge is 0.240 e. The number of pyridine rings is 1. The molecule has 0 aliphatic rings. The highest BCUT2D eigenvalue weighted by atomic mass is 16.1. The molecule has 0 saturated carbocycles. The van der Waals surface area contributed by atoms with Crippen molar-refractivity contribution in [2.75, 3.05) is 11.1 Å². The average molecular weight is 258 g/mol. The number of rotatable bonds is 4. The standard InChI is InChI=1S/C14H18N4O/c1-8(2)13(14(16)19)18-12-4-3-11(15)10-7-17-6-5-9(10)12/h3-8,13,18H,15H2,1-2H3,(H2,16,19). The van der Waals surface area contributed by atoms with Crippen LogP contribution in [0.3, 0.4) is 0 Å². The zero-order valence-electron chi connectivity index (χ0n) is 11.1. The number of nitrogens with two attached hydrogens (primary N) is 2. The second kappa shape index (κ2) is 5.14. The Morgan fingerprint density at radius 2 is 2.00 bits per heavy atom. The molecule has 1 unspecified atom stereocenters. The van der Waals surface area contributed by atoms with Gasteiger partial charge in [0.2, 0.25) is 5.91 Å². The van der Waals surface area contributed by atoms with Crippen LogP contribution in [0.1, 0.15) is 13.8 Å². The highest BCUT2D eigenvalue weighted by molar-refractivity contribution is 6.01. The third-order valence-corrected chi connectivity index (χ3v) is 3.14. The molecule has 0 aliphatic carbocycles. The third kappa shape index (κ3) is 2.59. The first kappa shape index (κ1) is 13.1. The van der Waals surface area contributed by atoms with Crippen LogP contribution in [0.2, 0.25) is 0 Å². The first-order valence-corrected chi connectivity index (χ1v) is 6.18. The largest absolute Gasteiger partial charge is 0.398 e. The van der Waals surface area contributed by atoms with Crippen molar-refractivity contribution in [2.45, 2.75) is 19.9 Å². The lowest BCUT2D eigenvalue weighted by Gasteiger charge is -2.21. The molecule has 0 fully saturated rings. The number of benzene rings is 1. The molecule has 0 radical (unpaired) electrons.